The Hall–Kier alpha value is -2.39. The highest BCUT2D eigenvalue weighted by atomic mass is 32.1. The van der Waals surface area contributed by atoms with E-state index in [2.05, 4.69) is 60.3 Å². The van der Waals surface area contributed by atoms with E-state index in [0.29, 0.717) is 5.92 Å². The summed E-state index contributed by atoms with van der Waals surface area (Å²) in [6, 6.07) is 13.3. The van der Waals surface area contributed by atoms with Gasteiger partial charge in [-0.3, -0.25) is 0 Å². The molecule has 2 aromatic carbocycles. The number of para-hydroxylation sites is 1. The standard InChI is InChI=1S/C24H22NOS/c1-14-11-12-19-22-18(13-27-19)26-24-21(15-7-3-4-8-15)16-9-5-6-10-17(16)25(2)23(24)20(14)22/h5-6,9-13,15H,3-4,7-8H2,1-2H3/q+1. The average Bonchev–Trinajstić information content (AvgIpc) is 3.35. The van der Waals surface area contributed by atoms with E-state index in [-0.39, 0.29) is 0 Å². The highest BCUT2D eigenvalue weighted by Gasteiger charge is 2.37. The molecule has 1 saturated carbocycles. The fourth-order valence-electron chi connectivity index (χ4n) is 5.22. The van der Waals surface area contributed by atoms with E-state index in [1.54, 1.807) is 11.3 Å². The number of nitrogens with zero attached hydrogens (tertiary/aromatic N) is 1. The van der Waals surface area contributed by atoms with Gasteiger partial charge in [0, 0.05) is 27.1 Å². The minimum absolute atomic E-state index is 0.601. The van der Waals surface area contributed by atoms with Crippen molar-refractivity contribution in [3.63, 3.8) is 0 Å². The molecule has 2 aliphatic rings. The predicted molar refractivity (Wildman–Crippen MR) is 112 cm³/mol. The van der Waals surface area contributed by atoms with Crippen LogP contribution in [0.3, 0.4) is 0 Å². The van der Waals surface area contributed by atoms with Gasteiger partial charge in [-0.2, -0.15) is 4.57 Å². The first-order valence-electron chi connectivity index (χ1n) is 9.87. The largest absolute Gasteiger partial charge is 0.448 e. The van der Waals surface area contributed by atoms with Gasteiger partial charge in [-0.15, -0.1) is 11.3 Å². The number of hydrogen-bond donors (Lipinski definition) is 0. The van der Waals surface area contributed by atoms with Gasteiger partial charge in [-0.1, -0.05) is 31.0 Å². The summed E-state index contributed by atoms with van der Waals surface area (Å²) in [5.74, 6) is 2.74. The third-order valence-corrected chi connectivity index (χ3v) is 7.40. The van der Waals surface area contributed by atoms with Gasteiger partial charge < -0.3 is 4.74 Å². The Balaban J connectivity index is 1.81. The molecule has 0 unspecified atom stereocenters. The topological polar surface area (TPSA) is 13.1 Å². The van der Waals surface area contributed by atoms with Crippen LogP contribution in [0.2, 0.25) is 0 Å². The number of rotatable bonds is 1. The number of aryl methyl sites for hydroxylation is 2. The summed E-state index contributed by atoms with van der Waals surface area (Å²) in [6.45, 7) is 2.23. The maximum absolute atomic E-state index is 6.67. The monoisotopic (exact) mass is 372 g/mol. The van der Waals surface area contributed by atoms with Crippen LogP contribution >= 0.6 is 11.3 Å². The van der Waals surface area contributed by atoms with Crippen molar-refractivity contribution >= 4 is 32.3 Å². The minimum Gasteiger partial charge on any atom is -0.448 e. The normalized spacial score (nSPS) is 16.1. The molecular weight excluding hydrogens is 350 g/mol. The Morgan fingerprint density at radius 1 is 1.07 bits per heavy atom. The van der Waals surface area contributed by atoms with Crippen LogP contribution in [0.25, 0.3) is 32.2 Å². The van der Waals surface area contributed by atoms with Crippen LogP contribution in [-0.4, -0.2) is 0 Å². The van der Waals surface area contributed by atoms with Crippen molar-refractivity contribution in [1.82, 2.24) is 0 Å². The molecule has 4 aromatic rings. The van der Waals surface area contributed by atoms with Crippen LogP contribution in [0.4, 0.5) is 0 Å². The molecule has 0 spiro atoms. The van der Waals surface area contributed by atoms with E-state index < -0.39 is 0 Å². The third kappa shape index (κ3) is 2.03. The van der Waals surface area contributed by atoms with Crippen molar-refractivity contribution in [3.05, 3.63) is 52.9 Å². The second kappa shape index (κ2) is 5.56. The number of fused-ring (bicyclic) bond motifs is 3. The zero-order chi connectivity index (χ0) is 18.1. The van der Waals surface area contributed by atoms with Crippen LogP contribution in [0, 0.1) is 6.92 Å². The highest BCUT2D eigenvalue weighted by molar-refractivity contribution is 7.17. The number of pyridine rings is 1. The van der Waals surface area contributed by atoms with E-state index in [9.17, 15) is 0 Å². The van der Waals surface area contributed by atoms with E-state index in [0.717, 1.165) is 11.5 Å². The molecule has 134 valence electrons. The van der Waals surface area contributed by atoms with E-state index >= 15 is 0 Å². The van der Waals surface area contributed by atoms with Gasteiger partial charge in [-0.25, -0.2) is 0 Å². The molecule has 0 saturated heterocycles. The molecule has 1 fully saturated rings. The van der Waals surface area contributed by atoms with Crippen LogP contribution in [0.1, 0.15) is 42.7 Å². The first-order valence-corrected chi connectivity index (χ1v) is 10.8. The number of ether oxygens (including phenoxy) is 1. The lowest BCUT2D eigenvalue weighted by Crippen LogP contribution is -2.34. The fourth-order valence-corrected chi connectivity index (χ4v) is 6.08. The van der Waals surface area contributed by atoms with Crippen molar-refractivity contribution in [1.29, 1.82) is 0 Å². The lowest BCUT2D eigenvalue weighted by Gasteiger charge is -2.24. The zero-order valence-corrected chi connectivity index (χ0v) is 16.5. The summed E-state index contributed by atoms with van der Waals surface area (Å²) in [4.78, 5) is 0. The second-order valence-electron chi connectivity index (χ2n) is 7.98. The molecule has 2 aromatic heterocycles. The zero-order valence-electron chi connectivity index (χ0n) is 15.7. The smallest absolute Gasteiger partial charge is 0.257 e. The van der Waals surface area contributed by atoms with Gasteiger partial charge in [0.2, 0.25) is 11.3 Å². The molecule has 6 rings (SSSR count). The Morgan fingerprint density at radius 2 is 1.89 bits per heavy atom. The molecule has 27 heavy (non-hydrogen) atoms. The summed E-state index contributed by atoms with van der Waals surface area (Å²) in [7, 11) is 2.19. The van der Waals surface area contributed by atoms with Crippen molar-refractivity contribution in [2.75, 3.05) is 0 Å². The van der Waals surface area contributed by atoms with Gasteiger partial charge in [-0.05, 0) is 43.4 Å². The van der Waals surface area contributed by atoms with Crippen molar-refractivity contribution in [2.24, 2.45) is 7.05 Å². The first-order chi connectivity index (χ1) is 13.2. The Labute approximate surface area is 163 Å². The molecule has 3 heteroatoms. The van der Waals surface area contributed by atoms with Crippen molar-refractivity contribution < 1.29 is 9.30 Å². The Morgan fingerprint density at radius 3 is 2.74 bits per heavy atom. The Kier molecular flexibility index (Phi) is 3.22. The summed E-state index contributed by atoms with van der Waals surface area (Å²) < 4.78 is 10.3. The lowest BCUT2D eigenvalue weighted by atomic mass is 9.88. The minimum atomic E-state index is 0.601. The molecule has 1 aliphatic heterocycles. The molecule has 3 heterocycles. The summed E-state index contributed by atoms with van der Waals surface area (Å²) in [5, 5.41) is 4.83. The number of aromatic nitrogens is 1. The first kappa shape index (κ1) is 15.6. The maximum Gasteiger partial charge on any atom is 0.257 e. The van der Waals surface area contributed by atoms with Crippen LogP contribution in [0.5, 0.6) is 11.5 Å². The van der Waals surface area contributed by atoms with Gasteiger partial charge >= 0.3 is 0 Å². The molecule has 0 N–H and O–H groups in total. The van der Waals surface area contributed by atoms with Crippen LogP contribution in [-0.2, 0) is 7.05 Å². The Bertz CT molecular complexity index is 1230. The predicted octanol–water partition coefficient (Wildman–Crippen LogP) is 6.62. The molecule has 2 nitrogen and oxygen atoms in total. The van der Waals surface area contributed by atoms with Gasteiger partial charge in [0.05, 0.1) is 10.9 Å². The molecule has 0 bridgehead atoms. The van der Waals surface area contributed by atoms with Crippen molar-refractivity contribution in [2.45, 2.75) is 38.5 Å². The quantitative estimate of drug-likeness (QED) is 0.301. The second-order valence-corrected chi connectivity index (χ2v) is 8.89. The third-order valence-electron chi connectivity index (χ3n) is 6.48. The molecule has 1 aliphatic carbocycles. The van der Waals surface area contributed by atoms with Gasteiger partial charge in [0.1, 0.15) is 12.8 Å². The summed E-state index contributed by atoms with van der Waals surface area (Å²) in [6.07, 6.45) is 5.20. The van der Waals surface area contributed by atoms with E-state index in [1.165, 1.54) is 69.1 Å². The van der Waals surface area contributed by atoms with Crippen LogP contribution < -0.4 is 9.30 Å². The summed E-state index contributed by atoms with van der Waals surface area (Å²) in [5.41, 5.74) is 6.68. The van der Waals surface area contributed by atoms with E-state index in [4.69, 9.17) is 4.74 Å². The SMILES string of the molecule is Cc1ccc2scc3c2c1-c1c(c(C2CCCC2)c2ccccc2[n+]1C)O3. The molecule has 0 amide bonds. The summed E-state index contributed by atoms with van der Waals surface area (Å²) >= 11 is 1.79. The number of hydrogen-bond acceptors (Lipinski definition) is 2. The maximum atomic E-state index is 6.67. The van der Waals surface area contributed by atoms with Crippen LogP contribution in [0.15, 0.2) is 41.8 Å². The number of benzene rings is 2. The van der Waals surface area contributed by atoms with Crippen molar-refractivity contribution in [3.8, 4) is 22.8 Å². The lowest BCUT2D eigenvalue weighted by molar-refractivity contribution is -0.633. The number of thiophene rings is 1. The molecule has 0 atom stereocenters. The molecular formula is C24H22NOS+. The van der Waals surface area contributed by atoms with Gasteiger partial charge in [0.25, 0.3) is 5.69 Å². The fraction of sp³-hybridized carbons (Fsp3) is 0.292. The van der Waals surface area contributed by atoms with E-state index in [1.807, 2.05) is 0 Å². The molecule has 0 radical (unpaired) electrons. The average molecular weight is 373 g/mol. The highest BCUT2D eigenvalue weighted by Crippen LogP contribution is 2.53. The van der Waals surface area contributed by atoms with Gasteiger partial charge in [0.15, 0.2) is 0 Å².